The zero-order valence-corrected chi connectivity index (χ0v) is 11.7. The van der Waals surface area contributed by atoms with E-state index in [4.69, 9.17) is 0 Å². The van der Waals surface area contributed by atoms with Crippen LogP contribution in [0.5, 0.6) is 0 Å². The van der Waals surface area contributed by atoms with Crippen LogP contribution in [0.15, 0.2) is 36.5 Å². The van der Waals surface area contributed by atoms with Gasteiger partial charge in [0.2, 0.25) is 0 Å². The first-order valence-electron chi connectivity index (χ1n) is 6.55. The summed E-state index contributed by atoms with van der Waals surface area (Å²) in [6, 6.07) is 7.47. The molecule has 1 aromatic heterocycles. The molecule has 5 nitrogen and oxygen atoms in total. The third kappa shape index (κ3) is 2.52. The highest BCUT2D eigenvalue weighted by Gasteiger charge is 2.30. The Balaban J connectivity index is 1.84. The normalized spacial score (nSPS) is 16.3. The molecule has 2 heterocycles. The van der Waals surface area contributed by atoms with Crippen LogP contribution in [0.25, 0.3) is 0 Å². The van der Waals surface area contributed by atoms with Crippen LogP contribution in [0, 0.1) is 5.82 Å². The summed E-state index contributed by atoms with van der Waals surface area (Å²) in [7, 11) is 3.81. The molecule has 6 heteroatoms. The van der Waals surface area contributed by atoms with Gasteiger partial charge >= 0.3 is 0 Å². The van der Waals surface area contributed by atoms with Crippen molar-refractivity contribution in [3.8, 4) is 0 Å². The minimum Gasteiger partial charge on any atom is -0.369 e. The van der Waals surface area contributed by atoms with Crippen LogP contribution in [-0.4, -0.2) is 25.0 Å². The molecule has 1 atom stereocenters. The summed E-state index contributed by atoms with van der Waals surface area (Å²) >= 11 is 0. The number of fused-ring (bicyclic) bond motifs is 1. The van der Waals surface area contributed by atoms with Gasteiger partial charge < -0.3 is 15.5 Å². The van der Waals surface area contributed by atoms with Gasteiger partial charge in [0, 0.05) is 25.3 Å². The topological polar surface area (TPSA) is 57.3 Å². The molecule has 1 aromatic carbocycles. The SMILES string of the molecule is CN(C)c1ccc(NC2C(=O)Nc3cc(F)ccc32)cn1. The summed E-state index contributed by atoms with van der Waals surface area (Å²) in [5, 5.41) is 5.78. The third-order valence-corrected chi connectivity index (χ3v) is 3.36. The molecule has 2 N–H and O–H groups in total. The fourth-order valence-electron chi connectivity index (χ4n) is 2.28. The van der Waals surface area contributed by atoms with Crippen LogP contribution in [-0.2, 0) is 4.79 Å². The zero-order valence-electron chi connectivity index (χ0n) is 11.7. The Bertz CT molecular complexity index is 685. The lowest BCUT2D eigenvalue weighted by atomic mass is 10.1. The van der Waals surface area contributed by atoms with Gasteiger partial charge in [-0.05, 0) is 24.3 Å². The molecular formula is C15H15FN4O. The Hall–Kier alpha value is -2.63. The van der Waals surface area contributed by atoms with Gasteiger partial charge in [-0.3, -0.25) is 4.79 Å². The number of nitrogens with one attached hydrogen (secondary N) is 2. The molecule has 1 aliphatic rings. The van der Waals surface area contributed by atoms with Gasteiger partial charge in [0.25, 0.3) is 5.91 Å². The molecule has 0 saturated carbocycles. The van der Waals surface area contributed by atoms with Gasteiger partial charge in [-0.25, -0.2) is 9.37 Å². The number of anilines is 3. The second kappa shape index (κ2) is 5.05. The van der Waals surface area contributed by atoms with E-state index in [2.05, 4.69) is 15.6 Å². The summed E-state index contributed by atoms with van der Waals surface area (Å²) in [5.74, 6) is 0.262. The van der Waals surface area contributed by atoms with Crippen molar-refractivity contribution in [3.63, 3.8) is 0 Å². The molecule has 21 heavy (non-hydrogen) atoms. The molecule has 0 fully saturated rings. The molecular weight excluding hydrogens is 271 g/mol. The predicted octanol–water partition coefficient (Wildman–Crippen LogP) is 2.39. The van der Waals surface area contributed by atoms with Crippen molar-refractivity contribution in [2.75, 3.05) is 29.6 Å². The van der Waals surface area contributed by atoms with E-state index in [0.717, 1.165) is 17.1 Å². The first kappa shape index (κ1) is 13.4. The Morgan fingerprint density at radius 1 is 1.29 bits per heavy atom. The summed E-state index contributed by atoms with van der Waals surface area (Å²) in [5.41, 5.74) is 1.98. The Labute approximate surface area is 121 Å². The maximum absolute atomic E-state index is 13.2. The number of nitrogens with zero attached hydrogens (tertiary/aromatic N) is 2. The van der Waals surface area contributed by atoms with E-state index >= 15 is 0 Å². The van der Waals surface area contributed by atoms with Crippen LogP contribution >= 0.6 is 0 Å². The van der Waals surface area contributed by atoms with Gasteiger partial charge in [-0.1, -0.05) is 6.07 Å². The molecule has 0 bridgehead atoms. The van der Waals surface area contributed by atoms with Crippen molar-refractivity contribution in [1.82, 2.24) is 4.98 Å². The number of hydrogen-bond acceptors (Lipinski definition) is 4. The highest BCUT2D eigenvalue weighted by atomic mass is 19.1. The molecule has 108 valence electrons. The fraction of sp³-hybridized carbons (Fsp3) is 0.200. The number of carbonyl (C=O) groups is 1. The number of pyridine rings is 1. The van der Waals surface area contributed by atoms with E-state index in [1.807, 2.05) is 31.1 Å². The van der Waals surface area contributed by atoms with E-state index in [1.54, 1.807) is 12.3 Å². The van der Waals surface area contributed by atoms with Gasteiger partial charge in [0.15, 0.2) is 0 Å². The highest BCUT2D eigenvalue weighted by Crippen LogP contribution is 2.33. The number of hydrogen-bond donors (Lipinski definition) is 2. The number of amides is 1. The average Bonchev–Trinajstić information content (AvgIpc) is 2.75. The molecule has 0 spiro atoms. The smallest absolute Gasteiger partial charge is 0.251 e. The van der Waals surface area contributed by atoms with Crippen molar-refractivity contribution in [2.45, 2.75) is 6.04 Å². The number of rotatable bonds is 3. The first-order chi connectivity index (χ1) is 10.0. The summed E-state index contributed by atoms with van der Waals surface area (Å²) < 4.78 is 13.2. The second-order valence-electron chi connectivity index (χ2n) is 5.10. The molecule has 1 amide bonds. The number of halogens is 1. The molecule has 0 saturated heterocycles. The maximum Gasteiger partial charge on any atom is 0.251 e. The maximum atomic E-state index is 13.2. The molecule has 2 aromatic rings. The van der Waals surface area contributed by atoms with Crippen molar-refractivity contribution in [3.05, 3.63) is 47.9 Å². The van der Waals surface area contributed by atoms with Crippen molar-refractivity contribution >= 4 is 23.1 Å². The number of benzene rings is 1. The summed E-state index contributed by atoms with van der Waals surface area (Å²) in [6.45, 7) is 0. The Morgan fingerprint density at radius 3 is 2.76 bits per heavy atom. The Kier molecular flexibility index (Phi) is 3.21. The van der Waals surface area contributed by atoms with Gasteiger partial charge in [-0.2, -0.15) is 0 Å². The van der Waals surface area contributed by atoms with E-state index < -0.39 is 6.04 Å². The van der Waals surface area contributed by atoms with E-state index in [1.165, 1.54) is 12.1 Å². The zero-order chi connectivity index (χ0) is 15.0. The van der Waals surface area contributed by atoms with Crippen LogP contribution in [0.1, 0.15) is 11.6 Å². The Morgan fingerprint density at radius 2 is 2.10 bits per heavy atom. The number of carbonyl (C=O) groups excluding carboxylic acids is 1. The van der Waals surface area contributed by atoms with E-state index in [-0.39, 0.29) is 11.7 Å². The van der Waals surface area contributed by atoms with Gasteiger partial charge in [-0.15, -0.1) is 0 Å². The second-order valence-corrected chi connectivity index (χ2v) is 5.10. The predicted molar refractivity (Wildman–Crippen MR) is 80.0 cm³/mol. The molecule has 1 unspecified atom stereocenters. The molecule has 0 aliphatic carbocycles. The van der Waals surface area contributed by atoms with E-state index in [0.29, 0.717) is 5.69 Å². The highest BCUT2D eigenvalue weighted by molar-refractivity contribution is 6.04. The lowest BCUT2D eigenvalue weighted by Gasteiger charge is -2.15. The van der Waals surface area contributed by atoms with Crippen LogP contribution in [0.3, 0.4) is 0 Å². The van der Waals surface area contributed by atoms with Gasteiger partial charge in [0.05, 0.1) is 11.9 Å². The van der Waals surface area contributed by atoms with Crippen molar-refractivity contribution in [1.29, 1.82) is 0 Å². The van der Waals surface area contributed by atoms with E-state index in [9.17, 15) is 9.18 Å². The van der Waals surface area contributed by atoms with Crippen LogP contribution < -0.4 is 15.5 Å². The molecule has 1 aliphatic heterocycles. The largest absolute Gasteiger partial charge is 0.369 e. The molecule has 3 rings (SSSR count). The first-order valence-corrected chi connectivity index (χ1v) is 6.55. The van der Waals surface area contributed by atoms with Crippen molar-refractivity contribution < 1.29 is 9.18 Å². The summed E-state index contributed by atoms with van der Waals surface area (Å²) in [4.78, 5) is 18.2. The van der Waals surface area contributed by atoms with Crippen LogP contribution in [0.2, 0.25) is 0 Å². The average molecular weight is 286 g/mol. The van der Waals surface area contributed by atoms with Crippen molar-refractivity contribution in [2.24, 2.45) is 0 Å². The lowest BCUT2D eigenvalue weighted by molar-refractivity contribution is -0.116. The molecule has 0 radical (unpaired) electrons. The van der Waals surface area contributed by atoms with Gasteiger partial charge in [0.1, 0.15) is 17.7 Å². The standard InChI is InChI=1S/C15H15FN4O/c1-20(2)13-6-4-10(8-17-13)18-14-11-5-3-9(16)7-12(11)19-15(14)21/h3-8,14,18H,1-2H3,(H,19,21). The minimum absolute atomic E-state index is 0.202. The van der Waals surface area contributed by atoms with Crippen LogP contribution in [0.4, 0.5) is 21.6 Å². The minimum atomic E-state index is -0.535. The summed E-state index contributed by atoms with van der Waals surface area (Å²) in [6.07, 6.45) is 1.67. The quantitative estimate of drug-likeness (QED) is 0.909. The monoisotopic (exact) mass is 286 g/mol. The third-order valence-electron chi connectivity index (χ3n) is 3.36. The number of aromatic nitrogens is 1. The lowest BCUT2D eigenvalue weighted by Crippen LogP contribution is -2.20. The fourth-order valence-corrected chi connectivity index (χ4v) is 2.28.